The Labute approximate surface area is 166 Å². The van der Waals surface area contributed by atoms with Crippen molar-refractivity contribution < 1.29 is 9.18 Å². The Hall–Kier alpha value is -2.80. The van der Waals surface area contributed by atoms with E-state index in [-0.39, 0.29) is 22.9 Å². The van der Waals surface area contributed by atoms with Crippen LogP contribution >= 0.6 is 11.3 Å². The van der Waals surface area contributed by atoms with Crippen LogP contribution in [0.15, 0.2) is 58.7 Å². The third-order valence-corrected chi connectivity index (χ3v) is 5.97. The van der Waals surface area contributed by atoms with Crippen LogP contribution in [0.5, 0.6) is 0 Å². The maximum atomic E-state index is 13.9. The number of aromatic nitrogens is 2. The molecule has 0 saturated carbocycles. The lowest BCUT2D eigenvalue weighted by Crippen LogP contribution is -2.40. The summed E-state index contributed by atoms with van der Waals surface area (Å²) >= 11 is 1.59. The molecule has 1 aromatic carbocycles. The van der Waals surface area contributed by atoms with E-state index in [0.717, 1.165) is 23.4 Å². The number of hydrogen-bond acceptors (Lipinski definition) is 4. The quantitative estimate of drug-likeness (QED) is 0.675. The van der Waals surface area contributed by atoms with Crippen molar-refractivity contribution in [3.63, 3.8) is 0 Å². The van der Waals surface area contributed by atoms with Crippen LogP contribution < -0.4 is 5.56 Å². The molecule has 5 nitrogen and oxygen atoms in total. The molecule has 28 heavy (non-hydrogen) atoms. The number of benzene rings is 1. The van der Waals surface area contributed by atoms with Crippen LogP contribution in [0.1, 0.15) is 23.2 Å². The summed E-state index contributed by atoms with van der Waals surface area (Å²) in [6, 6.07) is 13.3. The average Bonchev–Trinajstić information content (AvgIpc) is 3.25. The minimum absolute atomic E-state index is 0.113. The summed E-state index contributed by atoms with van der Waals surface area (Å²) in [5.41, 5.74) is 0.787. The van der Waals surface area contributed by atoms with Gasteiger partial charge in [0.25, 0.3) is 11.5 Å². The predicted octanol–water partition coefficient (Wildman–Crippen LogP) is 3.66. The fraction of sp³-hybridized carbons (Fsp3) is 0.286. The molecule has 3 aromatic rings. The zero-order chi connectivity index (χ0) is 19.5. The second kappa shape index (κ2) is 8.06. The van der Waals surface area contributed by atoms with Crippen molar-refractivity contribution in [3.8, 4) is 10.6 Å². The Kier molecular flexibility index (Phi) is 5.34. The number of thiophene rings is 1. The van der Waals surface area contributed by atoms with E-state index in [1.807, 2.05) is 17.5 Å². The van der Waals surface area contributed by atoms with E-state index in [4.69, 9.17) is 0 Å². The average molecular weight is 397 g/mol. The SMILES string of the molecule is O=C(c1ccccc1F)N1CCC(Cn2nc(-c3cccs3)ccc2=O)CC1. The van der Waals surface area contributed by atoms with Gasteiger partial charge in [-0.25, -0.2) is 9.07 Å². The third kappa shape index (κ3) is 3.89. The zero-order valence-electron chi connectivity index (χ0n) is 15.3. The van der Waals surface area contributed by atoms with Crippen molar-refractivity contribution in [1.29, 1.82) is 0 Å². The normalized spacial score (nSPS) is 15.0. The van der Waals surface area contributed by atoms with Gasteiger partial charge in [0, 0.05) is 25.7 Å². The van der Waals surface area contributed by atoms with Gasteiger partial charge >= 0.3 is 0 Å². The summed E-state index contributed by atoms with van der Waals surface area (Å²) in [6.45, 7) is 1.63. The third-order valence-electron chi connectivity index (χ3n) is 5.08. The van der Waals surface area contributed by atoms with Crippen molar-refractivity contribution >= 4 is 17.2 Å². The molecule has 2 aromatic heterocycles. The highest BCUT2D eigenvalue weighted by Crippen LogP contribution is 2.23. The summed E-state index contributed by atoms with van der Waals surface area (Å²) in [7, 11) is 0. The number of amides is 1. The fourth-order valence-electron chi connectivity index (χ4n) is 3.50. The first-order valence-electron chi connectivity index (χ1n) is 9.27. The number of piperidine rings is 1. The van der Waals surface area contributed by atoms with Gasteiger partial charge in [0.2, 0.25) is 0 Å². The van der Waals surface area contributed by atoms with Gasteiger partial charge in [-0.1, -0.05) is 18.2 Å². The van der Waals surface area contributed by atoms with Crippen molar-refractivity contribution in [3.05, 3.63) is 75.6 Å². The van der Waals surface area contributed by atoms with Crippen LogP contribution in [0, 0.1) is 11.7 Å². The first-order chi connectivity index (χ1) is 13.6. The number of likely N-dealkylation sites (tertiary alicyclic amines) is 1. The Morgan fingerprint density at radius 3 is 2.61 bits per heavy atom. The van der Waals surface area contributed by atoms with Gasteiger partial charge in [0.05, 0.1) is 10.4 Å². The maximum Gasteiger partial charge on any atom is 0.266 e. The second-order valence-electron chi connectivity index (χ2n) is 6.93. The summed E-state index contributed by atoms with van der Waals surface area (Å²) in [4.78, 5) is 27.5. The molecule has 0 bridgehead atoms. The molecule has 0 radical (unpaired) electrons. The van der Waals surface area contributed by atoms with Crippen molar-refractivity contribution in [2.75, 3.05) is 13.1 Å². The van der Waals surface area contributed by atoms with E-state index in [9.17, 15) is 14.0 Å². The molecule has 0 aliphatic carbocycles. The topological polar surface area (TPSA) is 55.2 Å². The molecule has 7 heteroatoms. The number of hydrogen-bond donors (Lipinski definition) is 0. The fourth-order valence-corrected chi connectivity index (χ4v) is 4.19. The van der Waals surface area contributed by atoms with Crippen LogP contribution in [0.3, 0.4) is 0 Å². The summed E-state index contributed by atoms with van der Waals surface area (Å²) in [5.74, 6) is -0.504. The Bertz CT molecular complexity index is 1020. The first-order valence-corrected chi connectivity index (χ1v) is 10.2. The van der Waals surface area contributed by atoms with Gasteiger partial charge in [0.1, 0.15) is 11.5 Å². The number of carbonyl (C=O) groups excluding carboxylic acids is 1. The van der Waals surface area contributed by atoms with Crippen LogP contribution in [-0.2, 0) is 6.54 Å². The van der Waals surface area contributed by atoms with Crippen molar-refractivity contribution in [2.45, 2.75) is 19.4 Å². The number of nitrogens with zero attached hydrogens (tertiary/aromatic N) is 3. The molecule has 1 fully saturated rings. The number of halogens is 1. The largest absolute Gasteiger partial charge is 0.339 e. The van der Waals surface area contributed by atoms with Crippen LogP contribution in [-0.4, -0.2) is 33.7 Å². The lowest BCUT2D eigenvalue weighted by atomic mass is 9.96. The highest BCUT2D eigenvalue weighted by Gasteiger charge is 2.25. The van der Waals surface area contributed by atoms with E-state index in [0.29, 0.717) is 19.6 Å². The van der Waals surface area contributed by atoms with E-state index in [1.165, 1.54) is 16.8 Å². The van der Waals surface area contributed by atoms with E-state index >= 15 is 0 Å². The summed E-state index contributed by atoms with van der Waals surface area (Å²) in [5, 5.41) is 6.49. The first kappa shape index (κ1) is 18.6. The molecule has 0 unspecified atom stereocenters. The smallest absolute Gasteiger partial charge is 0.266 e. The van der Waals surface area contributed by atoms with E-state index in [2.05, 4.69) is 5.10 Å². The van der Waals surface area contributed by atoms with E-state index < -0.39 is 5.82 Å². The van der Waals surface area contributed by atoms with Gasteiger partial charge in [-0.05, 0) is 48.4 Å². The Morgan fingerprint density at radius 1 is 1.11 bits per heavy atom. The molecule has 1 aliphatic rings. The van der Waals surface area contributed by atoms with Crippen LogP contribution in [0.25, 0.3) is 10.6 Å². The van der Waals surface area contributed by atoms with Crippen molar-refractivity contribution in [1.82, 2.24) is 14.7 Å². The summed E-state index contributed by atoms with van der Waals surface area (Å²) < 4.78 is 15.4. The van der Waals surface area contributed by atoms with Gasteiger partial charge in [0.15, 0.2) is 0 Å². The predicted molar refractivity (Wildman–Crippen MR) is 107 cm³/mol. The molecular formula is C21H20FN3O2S. The maximum absolute atomic E-state index is 13.9. The lowest BCUT2D eigenvalue weighted by molar-refractivity contribution is 0.0676. The molecule has 0 spiro atoms. The van der Waals surface area contributed by atoms with Gasteiger partial charge in [-0.3, -0.25) is 9.59 Å². The van der Waals surface area contributed by atoms with Crippen molar-refractivity contribution in [2.24, 2.45) is 5.92 Å². The van der Waals surface area contributed by atoms with Crippen LogP contribution in [0.2, 0.25) is 0 Å². The van der Waals surface area contributed by atoms with E-state index in [1.54, 1.807) is 40.5 Å². The van der Waals surface area contributed by atoms with Gasteiger partial charge in [-0.15, -0.1) is 11.3 Å². The zero-order valence-corrected chi connectivity index (χ0v) is 16.1. The molecule has 1 amide bonds. The molecule has 0 N–H and O–H groups in total. The molecule has 4 rings (SSSR count). The summed E-state index contributed by atoms with van der Waals surface area (Å²) in [6.07, 6.45) is 1.52. The molecule has 0 atom stereocenters. The molecular weight excluding hydrogens is 377 g/mol. The highest BCUT2D eigenvalue weighted by atomic mass is 32.1. The standard InChI is InChI=1S/C21H20FN3O2S/c22-17-5-2-1-4-16(17)21(27)24-11-9-15(10-12-24)14-25-20(26)8-7-18(23-25)19-6-3-13-28-19/h1-8,13,15H,9-12,14H2. The van der Waals surface area contributed by atoms with Gasteiger partial charge in [-0.2, -0.15) is 5.10 Å². The second-order valence-corrected chi connectivity index (χ2v) is 7.88. The van der Waals surface area contributed by atoms with Crippen LogP contribution in [0.4, 0.5) is 4.39 Å². The monoisotopic (exact) mass is 397 g/mol. The number of rotatable bonds is 4. The Morgan fingerprint density at radius 2 is 1.89 bits per heavy atom. The number of carbonyl (C=O) groups is 1. The highest BCUT2D eigenvalue weighted by molar-refractivity contribution is 7.13. The molecule has 1 aliphatic heterocycles. The Balaban J connectivity index is 1.41. The minimum atomic E-state index is -0.490. The minimum Gasteiger partial charge on any atom is -0.339 e. The molecule has 144 valence electrons. The lowest BCUT2D eigenvalue weighted by Gasteiger charge is -2.32. The molecule has 1 saturated heterocycles. The molecule has 3 heterocycles. The van der Waals surface area contributed by atoms with Gasteiger partial charge < -0.3 is 4.90 Å².